The SMILES string of the molecule is CCCCCCCCCCCCCCCCCCOCCOCCOCCC(=O)OCC(O)CO. The standard InChI is InChI=1S/C28H56O7/c1-2-3-4-5-6-7-8-9-10-11-12-13-14-15-16-17-19-32-21-23-34-24-22-33-20-18-28(31)35-26-27(30)25-29/h27,29-30H,2-26H2,1H3. The Balaban J connectivity index is 3.09. The first-order valence-electron chi connectivity index (χ1n) is 14.4. The first-order chi connectivity index (χ1) is 17.2. The molecule has 0 aromatic heterocycles. The summed E-state index contributed by atoms with van der Waals surface area (Å²) in [4.78, 5) is 11.4. The van der Waals surface area contributed by atoms with Crippen molar-refractivity contribution in [1.82, 2.24) is 0 Å². The lowest BCUT2D eigenvalue weighted by atomic mass is 10.0. The second kappa shape index (κ2) is 29.5. The number of esters is 1. The molecule has 0 fully saturated rings. The Bertz CT molecular complexity index is 420. The molecule has 0 aliphatic heterocycles. The Kier molecular flexibility index (Phi) is 28.9. The molecule has 0 saturated carbocycles. The fourth-order valence-electron chi connectivity index (χ4n) is 3.76. The molecule has 0 spiro atoms. The quantitative estimate of drug-likeness (QED) is 0.101. The van der Waals surface area contributed by atoms with Crippen molar-refractivity contribution in [2.24, 2.45) is 0 Å². The lowest BCUT2D eigenvalue weighted by Crippen LogP contribution is -2.22. The summed E-state index contributed by atoms with van der Waals surface area (Å²) >= 11 is 0. The van der Waals surface area contributed by atoms with Crippen LogP contribution in [-0.2, 0) is 23.7 Å². The Morgan fingerprint density at radius 3 is 1.46 bits per heavy atom. The summed E-state index contributed by atoms with van der Waals surface area (Å²) in [5.74, 6) is -0.457. The van der Waals surface area contributed by atoms with E-state index in [1.54, 1.807) is 0 Å². The first-order valence-corrected chi connectivity index (χ1v) is 14.4. The monoisotopic (exact) mass is 504 g/mol. The van der Waals surface area contributed by atoms with Gasteiger partial charge in [-0.15, -0.1) is 0 Å². The average Bonchev–Trinajstić information content (AvgIpc) is 2.87. The van der Waals surface area contributed by atoms with E-state index in [0.29, 0.717) is 26.4 Å². The van der Waals surface area contributed by atoms with Crippen LogP contribution in [0.5, 0.6) is 0 Å². The smallest absolute Gasteiger partial charge is 0.308 e. The van der Waals surface area contributed by atoms with E-state index in [1.165, 1.54) is 96.3 Å². The number of carbonyl (C=O) groups is 1. The van der Waals surface area contributed by atoms with Crippen LogP contribution in [0, 0.1) is 0 Å². The molecule has 0 radical (unpaired) electrons. The van der Waals surface area contributed by atoms with Crippen LogP contribution in [0.15, 0.2) is 0 Å². The van der Waals surface area contributed by atoms with E-state index in [4.69, 9.17) is 29.2 Å². The van der Waals surface area contributed by atoms with Crippen LogP contribution < -0.4 is 0 Å². The van der Waals surface area contributed by atoms with Crippen molar-refractivity contribution in [2.75, 3.05) is 52.9 Å². The fourth-order valence-corrected chi connectivity index (χ4v) is 3.76. The molecule has 7 heteroatoms. The van der Waals surface area contributed by atoms with Crippen LogP contribution in [0.25, 0.3) is 0 Å². The second-order valence-corrected chi connectivity index (χ2v) is 9.41. The number of hydrogen-bond acceptors (Lipinski definition) is 7. The summed E-state index contributed by atoms with van der Waals surface area (Å²) in [5.41, 5.74) is 0. The van der Waals surface area contributed by atoms with Gasteiger partial charge >= 0.3 is 5.97 Å². The summed E-state index contributed by atoms with van der Waals surface area (Å²) < 4.78 is 21.1. The van der Waals surface area contributed by atoms with Gasteiger partial charge in [0.1, 0.15) is 12.7 Å². The van der Waals surface area contributed by atoms with Gasteiger partial charge in [-0.05, 0) is 6.42 Å². The fraction of sp³-hybridized carbons (Fsp3) is 0.964. The van der Waals surface area contributed by atoms with Crippen LogP contribution >= 0.6 is 0 Å². The lowest BCUT2D eigenvalue weighted by molar-refractivity contribution is -0.148. The maximum atomic E-state index is 11.4. The minimum atomic E-state index is -1.03. The van der Waals surface area contributed by atoms with Gasteiger partial charge in [-0.1, -0.05) is 103 Å². The maximum absolute atomic E-state index is 11.4. The normalized spacial score (nSPS) is 12.2. The van der Waals surface area contributed by atoms with Crippen molar-refractivity contribution in [1.29, 1.82) is 0 Å². The maximum Gasteiger partial charge on any atom is 0.308 e. The molecule has 0 aliphatic carbocycles. The molecule has 1 atom stereocenters. The van der Waals surface area contributed by atoms with Crippen molar-refractivity contribution in [3.8, 4) is 0 Å². The first kappa shape index (κ1) is 34.3. The highest BCUT2D eigenvalue weighted by Gasteiger charge is 2.07. The summed E-state index contributed by atoms with van der Waals surface area (Å²) in [6.45, 7) is 4.70. The van der Waals surface area contributed by atoms with E-state index in [-0.39, 0.29) is 19.6 Å². The molecule has 0 heterocycles. The third-order valence-corrected chi connectivity index (χ3v) is 5.98. The molecule has 0 aliphatic rings. The van der Waals surface area contributed by atoms with Gasteiger partial charge in [-0.25, -0.2) is 0 Å². The van der Waals surface area contributed by atoms with Crippen molar-refractivity contribution in [3.63, 3.8) is 0 Å². The zero-order valence-corrected chi connectivity index (χ0v) is 22.7. The third kappa shape index (κ3) is 29.4. The van der Waals surface area contributed by atoms with Gasteiger partial charge < -0.3 is 29.2 Å². The molecule has 1 unspecified atom stereocenters. The highest BCUT2D eigenvalue weighted by atomic mass is 16.6. The number of rotatable bonds is 29. The summed E-state index contributed by atoms with van der Waals surface area (Å²) in [5, 5.41) is 17.7. The molecular formula is C28H56O7. The number of ether oxygens (including phenoxy) is 4. The van der Waals surface area contributed by atoms with E-state index in [0.717, 1.165) is 13.0 Å². The highest BCUT2D eigenvalue weighted by molar-refractivity contribution is 5.69. The zero-order chi connectivity index (χ0) is 25.7. The van der Waals surface area contributed by atoms with Gasteiger partial charge in [0.2, 0.25) is 0 Å². The second-order valence-electron chi connectivity index (χ2n) is 9.41. The molecule has 0 amide bonds. The largest absolute Gasteiger partial charge is 0.463 e. The van der Waals surface area contributed by atoms with Crippen LogP contribution in [-0.4, -0.2) is 75.1 Å². The van der Waals surface area contributed by atoms with E-state index in [2.05, 4.69) is 6.92 Å². The number of hydrogen-bond donors (Lipinski definition) is 2. The van der Waals surface area contributed by atoms with Crippen molar-refractivity contribution < 1.29 is 34.0 Å². The Morgan fingerprint density at radius 2 is 1.00 bits per heavy atom. The van der Waals surface area contributed by atoms with Crippen LogP contribution in [0.3, 0.4) is 0 Å². The summed E-state index contributed by atoms with van der Waals surface area (Å²) in [6.07, 6.45) is 21.1. The minimum Gasteiger partial charge on any atom is -0.463 e. The lowest BCUT2D eigenvalue weighted by Gasteiger charge is -2.09. The number of unbranched alkanes of at least 4 members (excludes halogenated alkanes) is 15. The van der Waals surface area contributed by atoms with Gasteiger partial charge in [-0.2, -0.15) is 0 Å². The number of carbonyl (C=O) groups excluding carboxylic acids is 1. The van der Waals surface area contributed by atoms with Gasteiger partial charge in [-0.3, -0.25) is 4.79 Å². The van der Waals surface area contributed by atoms with Gasteiger partial charge in [0, 0.05) is 6.61 Å². The van der Waals surface area contributed by atoms with Crippen molar-refractivity contribution in [3.05, 3.63) is 0 Å². The van der Waals surface area contributed by atoms with E-state index in [1.807, 2.05) is 0 Å². The van der Waals surface area contributed by atoms with E-state index in [9.17, 15) is 4.79 Å². The Morgan fingerprint density at radius 1 is 0.600 bits per heavy atom. The van der Waals surface area contributed by atoms with Crippen molar-refractivity contribution in [2.45, 2.75) is 122 Å². The summed E-state index contributed by atoms with van der Waals surface area (Å²) in [7, 11) is 0. The average molecular weight is 505 g/mol. The molecule has 0 aromatic rings. The Labute approximate surface area is 215 Å². The molecular weight excluding hydrogens is 448 g/mol. The molecule has 0 rings (SSSR count). The van der Waals surface area contributed by atoms with Gasteiger partial charge in [0.25, 0.3) is 0 Å². The van der Waals surface area contributed by atoms with Crippen molar-refractivity contribution >= 4 is 5.97 Å². The summed E-state index contributed by atoms with van der Waals surface area (Å²) in [6, 6.07) is 0. The van der Waals surface area contributed by atoms with Crippen LogP contribution in [0.4, 0.5) is 0 Å². The third-order valence-electron chi connectivity index (χ3n) is 5.98. The molecule has 0 aromatic carbocycles. The molecule has 0 bridgehead atoms. The molecule has 35 heavy (non-hydrogen) atoms. The van der Waals surface area contributed by atoms with Gasteiger partial charge in [0.15, 0.2) is 0 Å². The predicted molar refractivity (Wildman–Crippen MR) is 141 cm³/mol. The highest BCUT2D eigenvalue weighted by Crippen LogP contribution is 2.13. The van der Waals surface area contributed by atoms with Crippen LogP contribution in [0.1, 0.15) is 116 Å². The van der Waals surface area contributed by atoms with E-state index >= 15 is 0 Å². The Hall–Kier alpha value is -0.730. The van der Waals surface area contributed by atoms with Crippen LogP contribution in [0.2, 0.25) is 0 Å². The topological polar surface area (TPSA) is 94.5 Å². The predicted octanol–water partition coefficient (Wildman–Crippen LogP) is 5.58. The molecule has 210 valence electrons. The molecule has 0 saturated heterocycles. The molecule has 2 N–H and O–H groups in total. The number of aliphatic hydroxyl groups excluding tert-OH is 2. The minimum absolute atomic E-state index is 0.112. The zero-order valence-electron chi connectivity index (χ0n) is 22.7. The molecule has 7 nitrogen and oxygen atoms in total. The number of aliphatic hydroxyl groups is 2. The van der Waals surface area contributed by atoms with Gasteiger partial charge in [0.05, 0.1) is 46.1 Å². The van der Waals surface area contributed by atoms with E-state index < -0.39 is 18.7 Å².